The molecule has 1 aliphatic rings. The number of aromatic nitrogens is 4. The monoisotopic (exact) mass is 393 g/mol. The number of thiazole rings is 1. The summed E-state index contributed by atoms with van der Waals surface area (Å²) < 4.78 is 9.31. The molecule has 5 rings (SSSR count). The fraction of sp³-hybridized carbons (Fsp3) is 0.300. The first-order valence-corrected chi connectivity index (χ1v) is 10.1. The van der Waals surface area contributed by atoms with E-state index < -0.39 is 0 Å². The lowest BCUT2D eigenvalue weighted by Crippen LogP contribution is -2.26. The van der Waals surface area contributed by atoms with Gasteiger partial charge in [0.05, 0.1) is 33.3 Å². The van der Waals surface area contributed by atoms with Crippen molar-refractivity contribution in [2.24, 2.45) is 13.0 Å². The van der Waals surface area contributed by atoms with E-state index in [0.29, 0.717) is 18.8 Å². The number of rotatable bonds is 4. The van der Waals surface area contributed by atoms with E-state index in [9.17, 15) is 4.79 Å². The number of aryl methyl sites for hydroxylation is 1. The summed E-state index contributed by atoms with van der Waals surface area (Å²) in [4.78, 5) is 25.3. The lowest BCUT2D eigenvalue weighted by atomic mass is 10.0. The maximum Gasteiger partial charge on any atom is 0.241 e. The van der Waals surface area contributed by atoms with Gasteiger partial charge in [0.15, 0.2) is 0 Å². The summed E-state index contributed by atoms with van der Waals surface area (Å²) in [7, 11) is 1.93. The van der Waals surface area contributed by atoms with E-state index in [1.807, 2.05) is 42.2 Å². The zero-order chi connectivity index (χ0) is 19.3. The lowest BCUT2D eigenvalue weighted by Gasteiger charge is -2.20. The summed E-state index contributed by atoms with van der Waals surface area (Å²) in [5.74, 6) is 0.745. The first-order valence-electron chi connectivity index (χ1n) is 9.17. The highest BCUT2D eigenvalue weighted by Crippen LogP contribution is 2.32. The molecule has 4 aromatic rings. The molecule has 1 saturated heterocycles. The average Bonchev–Trinajstić information content (AvgIpc) is 3.41. The van der Waals surface area contributed by atoms with Gasteiger partial charge in [-0.25, -0.2) is 15.0 Å². The number of hydrogen-bond donors (Lipinski definition) is 1. The number of ether oxygens (including phenoxy) is 1. The molecule has 1 aliphatic heterocycles. The normalized spacial score (nSPS) is 17.9. The van der Waals surface area contributed by atoms with Crippen LogP contribution < -0.4 is 10.1 Å². The van der Waals surface area contributed by atoms with Crippen LogP contribution in [0.15, 0.2) is 36.1 Å². The summed E-state index contributed by atoms with van der Waals surface area (Å²) in [5, 5.41) is 2.87. The van der Waals surface area contributed by atoms with Gasteiger partial charge in [-0.1, -0.05) is 6.07 Å². The Hall–Kier alpha value is -3.00. The first kappa shape index (κ1) is 17.1. The van der Waals surface area contributed by atoms with Gasteiger partial charge in [-0.15, -0.1) is 11.3 Å². The van der Waals surface area contributed by atoms with Gasteiger partial charge < -0.3 is 14.6 Å². The molecule has 142 valence electrons. The third-order valence-corrected chi connectivity index (χ3v) is 6.07. The van der Waals surface area contributed by atoms with Gasteiger partial charge in [0.2, 0.25) is 11.8 Å². The molecule has 0 bridgehead atoms. The van der Waals surface area contributed by atoms with E-state index in [1.54, 1.807) is 17.7 Å². The summed E-state index contributed by atoms with van der Waals surface area (Å²) in [6.07, 6.45) is 2.11. The molecule has 0 aliphatic carbocycles. The van der Waals surface area contributed by atoms with Crippen molar-refractivity contribution in [1.82, 2.24) is 24.8 Å². The zero-order valence-corrected chi connectivity index (χ0v) is 16.4. The van der Waals surface area contributed by atoms with E-state index in [1.165, 1.54) is 0 Å². The Labute approximate surface area is 165 Å². The van der Waals surface area contributed by atoms with Gasteiger partial charge in [-0.3, -0.25) is 4.79 Å². The molecule has 3 aromatic heterocycles. The number of carbonyl (C=O) groups excluding carboxylic acids is 1. The van der Waals surface area contributed by atoms with Gasteiger partial charge in [-0.2, -0.15) is 0 Å². The second-order valence-corrected chi connectivity index (χ2v) is 8.05. The fourth-order valence-electron chi connectivity index (χ4n) is 3.62. The largest absolute Gasteiger partial charge is 0.473 e. The van der Waals surface area contributed by atoms with Crippen LogP contribution in [-0.2, 0) is 11.8 Å². The average molecular weight is 393 g/mol. The van der Waals surface area contributed by atoms with Crippen LogP contribution in [0.1, 0.15) is 13.3 Å². The Morgan fingerprint density at radius 3 is 3.00 bits per heavy atom. The molecular weight excluding hydrogens is 374 g/mol. The Morgan fingerprint density at radius 1 is 1.29 bits per heavy atom. The van der Waals surface area contributed by atoms with Gasteiger partial charge in [0.25, 0.3) is 0 Å². The van der Waals surface area contributed by atoms with E-state index in [-0.39, 0.29) is 17.9 Å². The van der Waals surface area contributed by atoms with Crippen molar-refractivity contribution < 1.29 is 9.53 Å². The van der Waals surface area contributed by atoms with Gasteiger partial charge in [0.1, 0.15) is 11.6 Å². The number of fused-ring (bicyclic) bond motifs is 2. The van der Waals surface area contributed by atoms with Crippen LogP contribution in [0.4, 0.5) is 0 Å². The van der Waals surface area contributed by atoms with Crippen LogP contribution in [0.5, 0.6) is 5.88 Å². The number of pyridine rings is 1. The molecule has 0 spiro atoms. The second kappa shape index (κ2) is 6.56. The standard InChI is InChI=1S/C20H19N5O2S/c1-11(13-6-18(26)21-8-13)27-20-19-16(22-9-25(19)2)7-14(24-20)12-3-4-17-15(5-12)23-10-28-17/h3-5,7,9-11,13H,6,8H2,1-2H3,(H,21,26)/t11-,13?/m1/s1. The Balaban J connectivity index is 1.57. The maximum atomic E-state index is 11.6. The molecule has 4 heterocycles. The van der Waals surface area contributed by atoms with E-state index in [4.69, 9.17) is 9.72 Å². The van der Waals surface area contributed by atoms with E-state index in [2.05, 4.69) is 21.4 Å². The first-order chi connectivity index (χ1) is 13.6. The molecule has 0 radical (unpaired) electrons. The third kappa shape index (κ3) is 2.90. The Kier molecular flexibility index (Phi) is 4.01. The number of amides is 1. The lowest BCUT2D eigenvalue weighted by molar-refractivity contribution is -0.119. The van der Waals surface area contributed by atoms with Crippen molar-refractivity contribution in [3.05, 3.63) is 36.1 Å². The highest BCUT2D eigenvalue weighted by molar-refractivity contribution is 7.16. The van der Waals surface area contributed by atoms with Crippen LogP contribution >= 0.6 is 11.3 Å². The van der Waals surface area contributed by atoms with E-state index >= 15 is 0 Å². The molecule has 1 N–H and O–H groups in total. The second-order valence-electron chi connectivity index (χ2n) is 7.16. The minimum atomic E-state index is -0.138. The molecule has 1 aromatic carbocycles. The van der Waals surface area contributed by atoms with E-state index in [0.717, 1.165) is 32.5 Å². The van der Waals surface area contributed by atoms with Crippen LogP contribution in [0.25, 0.3) is 32.5 Å². The molecule has 28 heavy (non-hydrogen) atoms. The van der Waals surface area contributed by atoms with Crippen LogP contribution in [0.3, 0.4) is 0 Å². The molecule has 7 nitrogen and oxygen atoms in total. The zero-order valence-electron chi connectivity index (χ0n) is 15.5. The van der Waals surface area contributed by atoms with Crippen molar-refractivity contribution in [2.75, 3.05) is 6.54 Å². The number of carbonyl (C=O) groups is 1. The molecular formula is C20H19N5O2S. The number of benzene rings is 1. The number of nitrogens with zero attached hydrogens (tertiary/aromatic N) is 4. The number of imidazole rings is 1. The van der Waals surface area contributed by atoms with Gasteiger partial charge >= 0.3 is 0 Å². The van der Waals surface area contributed by atoms with Crippen molar-refractivity contribution in [2.45, 2.75) is 19.4 Å². The summed E-state index contributed by atoms with van der Waals surface area (Å²) in [6, 6.07) is 8.12. The summed E-state index contributed by atoms with van der Waals surface area (Å²) >= 11 is 1.62. The van der Waals surface area contributed by atoms with Crippen molar-refractivity contribution >= 4 is 38.5 Å². The molecule has 8 heteroatoms. The Morgan fingerprint density at radius 2 is 2.18 bits per heavy atom. The molecule has 0 saturated carbocycles. The number of hydrogen-bond acceptors (Lipinski definition) is 6. The van der Waals surface area contributed by atoms with Crippen molar-refractivity contribution in [3.8, 4) is 17.1 Å². The van der Waals surface area contributed by atoms with Crippen molar-refractivity contribution in [1.29, 1.82) is 0 Å². The smallest absolute Gasteiger partial charge is 0.241 e. The molecule has 1 unspecified atom stereocenters. The summed E-state index contributed by atoms with van der Waals surface area (Å²) in [5.41, 5.74) is 6.25. The number of nitrogens with one attached hydrogen (secondary N) is 1. The quantitative estimate of drug-likeness (QED) is 0.576. The fourth-order valence-corrected chi connectivity index (χ4v) is 4.28. The minimum absolute atomic E-state index is 0.0735. The van der Waals surface area contributed by atoms with Crippen molar-refractivity contribution in [3.63, 3.8) is 0 Å². The van der Waals surface area contributed by atoms with Crippen LogP contribution in [0, 0.1) is 5.92 Å². The molecule has 2 atom stereocenters. The van der Waals surface area contributed by atoms with Crippen LogP contribution in [0.2, 0.25) is 0 Å². The Bertz CT molecular complexity index is 1200. The topological polar surface area (TPSA) is 81.9 Å². The predicted molar refractivity (Wildman–Crippen MR) is 108 cm³/mol. The third-order valence-electron chi connectivity index (χ3n) is 5.26. The van der Waals surface area contributed by atoms with Crippen LogP contribution in [-0.4, -0.2) is 38.1 Å². The SMILES string of the molecule is C[C@@H](Oc1nc(-c2ccc3scnc3c2)cc2ncn(C)c12)C1CNC(=O)C1. The molecule has 1 amide bonds. The van der Waals surface area contributed by atoms with Gasteiger partial charge in [-0.05, 0) is 25.1 Å². The highest BCUT2D eigenvalue weighted by atomic mass is 32.1. The minimum Gasteiger partial charge on any atom is -0.473 e. The molecule has 1 fully saturated rings. The van der Waals surface area contributed by atoms with Gasteiger partial charge in [0, 0.05) is 31.5 Å². The highest BCUT2D eigenvalue weighted by Gasteiger charge is 2.29. The summed E-state index contributed by atoms with van der Waals surface area (Å²) in [6.45, 7) is 2.62. The predicted octanol–water partition coefficient (Wildman–Crippen LogP) is 3.15. The maximum absolute atomic E-state index is 11.6.